The van der Waals surface area contributed by atoms with Crippen molar-refractivity contribution in [1.82, 2.24) is 0 Å². The van der Waals surface area contributed by atoms with Crippen molar-refractivity contribution in [2.24, 2.45) is 0 Å². The van der Waals surface area contributed by atoms with Gasteiger partial charge in [0.05, 0.1) is 11.7 Å². The van der Waals surface area contributed by atoms with E-state index in [9.17, 15) is 8.78 Å². The topological polar surface area (TPSA) is 12.0 Å². The Morgan fingerprint density at radius 2 is 1.89 bits per heavy atom. The molecular formula is C16H17F2N. The van der Waals surface area contributed by atoms with Gasteiger partial charge in [0.15, 0.2) is 0 Å². The summed E-state index contributed by atoms with van der Waals surface area (Å²) in [5.74, 6) is -0.558. The fourth-order valence-corrected chi connectivity index (χ4v) is 2.07. The first kappa shape index (κ1) is 13.5. The maximum absolute atomic E-state index is 13.8. The highest BCUT2D eigenvalue weighted by Crippen LogP contribution is 2.25. The lowest BCUT2D eigenvalue weighted by atomic mass is 10.0. The average Bonchev–Trinajstić information content (AvgIpc) is 2.38. The minimum atomic E-state index is -0.283. The summed E-state index contributed by atoms with van der Waals surface area (Å²) in [5.41, 5.74) is 2.14. The van der Waals surface area contributed by atoms with Crippen molar-refractivity contribution in [3.05, 3.63) is 65.2 Å². The molecular weight excluding hydrogens is 244 g/mol. The molecule has 1 N–H and O–H groups in total. The Kier molecular flexibility index (Phi) is 4.15. The van der Waals surface area contributed by atoms with Crippen LogP contribution in [0.5, 0.6) is 0 Å². The molecule has 0 amide bonds. The Balaban J connectivity index is 2.24. The van der Waals surface area contributed by atoms with E-state index in [2.05, 4.69) is 5.32 Å². The number of nitrogens with one attached hydrogen (secondary N) is 1. The van der Waals surface area contributed by atoms with Gasteiger partial charge in [-0.15, -0.1) is 0 Å². The van der Waals surface area contributed by atoms with Crippen LogP contribution in [0.3, 0.4) is 0 Å². The van der Waals surface area contributed by atoms with E-state index >= 15 is 0 Å². The summed E-state index contributed by atoms with van der Waals surface area (Å²) >= 11 is 0. The second-order valence-electron chi connectivity index (χ2n) is 4.64. The Morgan fingerprint density at radius 3 is 2.53 bits per heavy atom. The zero-order valence-electron chi connectivity index (χ0n) is 11.1. The molecule has 0 aliphatic heterocycles. The lowest BCUT2D eigenvalue weighted by Gasteiger charge is -2.19. The fraction of sp³-hybridized carbons (Fsp3) is 0.250. The van der Waals surface area contributed by atoms with Crippen LogP contribution in [0.15, 0.2) is 42.5 Å². The van der Waals surface area contributed by atoms with Crippen molar-refractivity contribution in [1.29, 1.82) is 0 Å². The first-order valence-corrected chi connectivity index (χ1v) is 6.38. The maximum atomic E-state index is 13.8. The monoisotopic (exact) mass is 261 g/mol. The zero-order valence-corrected chi connectivity index (χ0v) is 11.1. The molecule has 0 bridgehead atoms. The molecule has 0 heterocycles. The zero-order chi connectivity index (χ0) is 13.8. The molecule has 100 valence electrons. The van der Waals surface area contributed by atoms with E-state index < -0.39 is 0 Å². The first-order valence-electron chi connectivity index (χ1n) is 6.38. The minimum absolute atomic E-state index is 0.104. The van der Waals surface area contributed by atoms with Crippen LogP contribution < -0.4 is 5.32 Å². The van der Waals surface area contributed by atoms with Gasteiger partial charge in [0.25, 0.3) is 0 Å². The van der Waals surface area contributed by atoms with Crippen molar-refractivity contribution in [3.63, 3.8) is 0 Å². The Labute approximate surface area is 112 Å². The van der Waals surface area contributed by atoms with E-state index in [1.807, 2.05) is 26.0 Å². The molecule has 0 saturated heterocycles. The molecule has 0 spiro atoms. The molecule has 1 unspecified atom stereocenters. The number of hydrogen-bond acceptors (Lipinski definition) is 1. The lowest BCUT2D eigenvalue weighted by molar-refractivity contribution is 0.615. The highest BCUT2D eigenvalue weighted by Gasteiger charge is 2.12. The van der Waals surface area contributed by atoms with E-state index in [-0.39, 0.29) is 17.7 Å². The van der Waals surface area contributed by atoms with Crippen molar-refractivity contribution < 1.29 is 8.78 Å². The van der Waals surface area contributed by atoms with Crippen LogP contribution in [0.1, 0.15) is 30.5 Å². The smallest absolute Gasteiger partial charge is 0.146 e. The molecule has 0 fully saturated rings. The van der Waals surface area contributed by atoms with Crippen LogP contribution in [0.25, 0.3) is 0 Å². The molecule has 0 saturated carbocycles. The quantitative estimate of drug-likeness (QED) is 0.830. The highest BCUT2D eigenvalue weighted by atomic mass is 19.1. The van der Waals surface area contributed by atoms with Crippen molar-refractivity contribution in [2.45, 2.75) is 26.3 Å². The Bertz CT molecular complexity index is 566. The number of hydrogen-bond donors (Lipinski definition) is 1. The van der Waals surface area contributed by atoms with E-state index in [0.717, 1.165) is 17.5 Å². The van der Waals surface area contributed by atoms with Crippen LogP contribution >= 0.6 is 0 Å². The highest BCUT2D eigenvalue weighted by molar-refractivity contribution is 5.48. The molecule has 2 aromatic rings. The average molecular weight is 261 g/mol. The summed E-state index contributed by atoms with van der Waals surface area (Å²) in [6.45, 7) is 3.82. The molecule has 2 rings (SSSR count). The van der Waals surface area contributed by atoms with Gasteiger partial charge in [-0.05, 0) is 48.7 Å². The predicted octanol–water partition coefficient (Wildman–Crippen LogP) is 4.84. The summed E-state index contributed by atoms with van der Waals surface area (Å²) in [7, 11) is 0. The molecule has 19 heavy (non-hydrogen) atoms. The number of anilines is 1. The van der Waals surface area contributed by atoms with E-state index in [4.69, 9.17) is 0 Å². The van der Waals surface area contributed by atoms with E-state index in [1.165, 1.54) is 18.2 Å². The summed E-state index contributed by atoms with van der Waals surface area (Å²) in [5, 5.41) is 3.13. The SMILES string of the molecule is CCC(Nc1ccc(C)cc1F)c1cccc(F)c1. The molecule has 0 aliphatic rings. The first-order chi connectivity index (χ1) is 9.10. The van der Waals surface area contributed by atoms with Crippen LogP contribution in [-0.4, -0.2) is 0 Å². The third kappa shape index (κ3) is 3.31. The van der Waals surface area contributed by atoms with Gasteiger partial charge < -0.3 is 5.32 Å². The molecule has 3 heteroatoms. The van der Waals surface area contributed by atoms with Crippen LogP contribution in [0.4, 0.5) is 14.5 Å². The second kappa shape index (κ2) is 5.83. The molecule has 0 aliphatic carbocycles. The third-order valence-electron chi connectivity index (χ3n) is 3.11. The molecule has 0 aromatic heterocycles. The number of rotatable bonds is 4. The number of aryl methyl sites for hydroxylation is 1. The van der Waals surface area contributed by atoms with E-state index in [0.29, 0.717) is 5.69 Å². The molecule has 1 atom stereocenters. The van der Waals surface area contributed by atoms with Gasteiger partial charge in [-0.3, -0.25) is 0 Å². The minimum Gasteiger partial charge on any atom is -0.376 e. The van der Waals surface area contributed by atoms with Gasteiger partial charge in [0, 0.05) is 0 Å². The lowest BCUT2D eigenvalue weighted by Crippen LogP contribution is -2.11. The van der Waals surface area contributed by atoms with Gasteiger partial charge >= 0.3 is 0 Å². The normalized spacial score (nSPS) is 12.2. The van der Waals surface area contributed by atoms with Gasteiger partial charge in [0.1, 0.15) is 11.6 Å². The number of benzene rings is 2. The number of halogens is 2. The second-order valence-corrected chi connectivity index (χ2v) is 4.64. The summed E-state index contributed by atoms with van der Waals surface area (Å²) < 4.78 is 27.0. The van der Waals surface area contributed by atoms with Crippen molar-refractivity contribution >= 4 is 5.69 Å². The molecule has 1 nitrogen and oxygen atoms in total. The van der Waals surface area contributed by atoms with Crippen LogP contribution in [-0.2, 0) is 0 Å². The van der Waals surface area contributed by atoms with Gasteiger partial charge in [-0.1, -0.05) is 25.1 Å². The van der Waals surface area contributed by atoms with Gasteiger partial charge in [0.2, 0.25) is 0 Å². The van der Waals surface area contributed by atoms with Gasteiger partial charge in [-0.25, -0.2) is 8.78 Å². The Morgan fingerprint density at radius 1 is 1.11 bits per heavy atom. The predicted molar refractivity (Wildman–Crippen MR) is 74.2 cm³/mol. The summed E-state index contributed by atoms with van der Waals surface area (Å²) in [6.07, 6.45) is 0.747. The standard InChI is InChI=1S/C16H17F2N/c1-3-15(12-5-4-6-13(17)10-12)19-16-8-7-11(2)9-14(16)18/h4-10,15,19H,3H2,1-2H3. The van der Waals surface area contributed by atoms with Gasteiger partial charge in [-0.2, -0.15) is 0 Å². The van der Waals surface area contributed by atoms with Crippen LogP contribution in [0, 0.1) is 18.6 Å². The largest absolute Gasteiger partial charge is 0.376 e. The maximum Gasteiger partial charge on any atom is 0.146 e. The van der Waals surface area contributed by atoms with Crippen molar-refractivity contribution in [2.75, 3.05) is 5.32 Å². The van der Waals surface area contributed by atoms with Crippen LogP contribution in [0.2, 0.25) is 0 Å². The Hall–Kier alpha value is -1.90. The third-order valence-corrected chi connectivity index (χ3v) is 3.11. The summed E-state index contributed by atoms with van der Waals surface area (Å²) in [6, 6.07) is 11.3. The molecule has 2 aromatic carbocycles. The fourth-order valence-electron chi connectivity index (χ4n) is 2.07. The summed E-state index contributed by atoms with van der Waals surface area (Å²) in [4.78, 5) is 0. The molecule has 0 radical (unpaired) electrons. The van der Waals surface area contributed by atoms with E-state index in [1.54, 1.807) is 12.1 Å². The van der Waals surface area contributed by atoms with Crippen molar-refractivity contribution in [3.8, 4) is 0 Å².